The molecule has 1 amide bonds. The molecule has 0 fully saturated rings. The van der Waals surface area contributed by atoms with Crippen molar-refractivity contribution in [3.8, 4) is 5.69 Å². The summed E-state index contributed by atoms with van der Waals surface area (Å²) in [6.07, 6.45) is 4.46. The second-order valence-corrected chi connectivity index (χ2v) is 4.88. The van der Waals surface area contributed by atoms with Crippen molar-refractivity contribution < 1.29 is 14.3 Å². The summed E-state index contributed by atoms with van der Waals surface area (Å²) in [5.74, 6) is 0.195. The molecule has 0 spiro atoms. The third-order valence-corrected chi connectivity index (χ3v) is 3.34. The van der Waals surface area contributed by atoms with E-state index in [1.807, 2.05) is 41.2 Å². The molecule has 3 aromatic rings. The van der Waals surface area contributed by atoms with Crippen LogP contribution in [0.15, 0.2) is 71.6 Å². The Balaban J connectivity index is 1.66. The SMILES string of the molecule is O=C(NCC(O)c1ccco1)c1cccc(-n2cccc2)c1. The minimum absolute atomic E-state index is 0.0973. The molecule has 5 heteroatoms. The number of carbonyl (C=O) groups is 1. The number of aromatic nitrogens is 1. The first-order chi connectivity index (χ1) is 10.7. The summed E-state index contributed by atoms with van der Waals surface area (Å²) in [5.41, 5.74) is 1.45. The minimum atomic E-state index is -0.855. The number of aliphatic hydroxyl groups is 1. The number of hydrogen-bond donors (Lipinski definition) is 2. The Labute approximate surface area is 127 Å². The summed E-state index contributed by atoms with van der Waals surface area (Å²) >= 11 is 0. The van der Waals surface area contributed by atoms with Gasteiger partial charge in [-0.1, -0.05) is 6.07 Å². The Kier molecular flexibility index (Phi) is 4.07. The van der Waals surface area contributed by atoms with Crippen molar-refractivity contribution in [2.45, 2.75) is 6.10 Å². The van der Waals surface area contributed by atoms with Gasteiger partial charge in [0.1, 0.15) is 11.9 Å². The molecule has 0 aliphatic rings. The van der Waals surface area contributed by atoms with E-state index in [9.17, 15) is 9.90 Å². The number of carbonyl (C=O) groups excluding carboxylic acids is 1. The average molecular weight is 296 g/mol. The fourth-order valence-corrected chi connectivity index (χ4v) is 2.19. The largest absolute Gasteiger partial charge is 0.467 e. The molecular formula is C17H16N2O3. The van der Waals surface area contributed by atoms with Gasteiger partial charge in [-0.15, -0.1) is 0 Å². The van der Waals surface area contributed by atoms with Gasteiger partial charge in [0.05, 0.1) is 12.8 Å². The highest BCUT2D eigenvalue weighted by Crippen LogP contribution is 2.13. The zero-order valence-corrected chi connectivity index (χ0v) is 11.8. The van der Waals surface area contributed by atoms with Crippen LogP contribution >= 0.6 is 0 Å². The van der Waals surface area contributed by atoms with E-state index in [0.717, 1.165) is 5.69 Å². The summed E-state index contributed by atoms with van der Waals surface area (Å²) in [5, 5.41) is 12.6. The molecule has 0 radical (unpaired) electrons. The minimum Gasteiger partial charge on any atom is -0.467 e. The lowest BCUT2D eigenvalue weighted by Crippen LogP contribution is -2.28. The highest BCUT2D eigenvalue weighted by molar-refractivity contribution is 5.94. The van der Waals surface area contributed by atoms with Crippen molar-refractivity contribution in [1.82, 2.24) is 9.88 Å². The van der Waals surface area contributed by atoms with Gasteiger partial charge >= 0.3 is 0 Å². The van der Waals surface area contributed by atoms with Crippen LogP contribution in [0.2, 0.25) is 0 Å². The van der Waals surface area contributed by atoms with E-state index in [0.29, 0.717) is 11.3 Å². The monoisotopic (exact) mass is 296 g/mol. The normalized spacial score (nSPS) is 12.0. The van der Waals surface area contributed by atoms with Crippen molar-refractivity contribution in [2.24, 2.45) is 0 Å². The van der Waals surface area contributed by atoms with Gasteiger partial charge in [-0.05, 0) is 42.5 Å². The van der Waals surface area contributed by atoms with Gasteiger partial charge in [-0.3, -0.25) is 4.79 Å². The van der Waals surface area contributed by atoms with E-state index in [1.54, 1.807) is 24.3 Å². The van der Waals surface area contributed by atoms with Crippen molar-refractivity contribution in [2.75, 3.05) is 6.54 Å². The number of nitrogens with zero attached hydrogens (tertiary/aromatic N) is 1. The zero-order valence-electron chi connectivity index (χ0n) is 11.8. The van der Waals surface area contributed by atoms with Crippen LogP contribution in [0.1, 0.15) is 22.2 Å². The Morgan fingerprint density at radius 2 is 2.00 bits per heavy atom. The first-order valence-corrected chi connectivity index (χ1v) is 6.97. The van der Waals surface area contributed by atoms with Crippen LogP contribution < -0.4 is 5.32 Å². The standard InChI is InChI=1S/C17H16N2O3/c20-15(16-7-4-10-22-16)12-18-17(21)13-5-3-6-14(11-13)19-8-1-2-9-19/h1-11,15,20H,12H2,(H,18,21). The molecule has 0 bridgehead atoms. The molecule has 1 unspecified atom stereocenters. The maximum Gasteiger partial charge on any atom is 0.251 e. The van der Waals surface area contributed by atoms with E-state index in [2.05, 4.69) is 5.32 Å². The van der Waals surface area contributed by atoms with Gasteiger partial charge < -0.3 is 19.4 Å². The van der Waals surface area contributed by atoms with Gasteiger partial charge in [-0.25, -0.2) is 0 Å². The predicted molar refractivity (Wildman–Crippen MR) is 81.8 cm³/mol. The number of nitrogens with one attached hydrogen (secondary N) is 1. The predicted octanol–water partition coefficient (Wildman–Crippen LogP) is 2.53. The molecule has 0 aliphatic heterocycles. The zero-order chi connectivity index (χ0) is 15.4. The molecule has 1 atom stereocenters. The number of amides is 1. The molecular weight excluding hydrogens is 280 g/mol. The number of aliphatic hydroxyl groups excluding tert-OH is 1. The summed E-state index contributed by atoms with van der Waals surface area (Å²) in [6.45, 7) is 0.0973. The maximum absolute atomic E-state index is 12.2. The van der Waals surface area contributed by atoms with Crippen molar-refractivity contribution in [3.63, 3.8) is 0 Å². The third kappa shape index (κ3) is 3.10. The van der Waals surface area contributed by atoms with E-state index in [4.69, 9.17) is 4.42 Å². The fourth-order valence-electron chi connectivity index (χ4n) is 2.19. The van der Waals surface area contributed by atoms with Crippen LogP contribution in [-0.2, 0) is 0 Å². The molecule has 3 rings (SSSR count). The Bertz CT molecular complexity index is 733. The number of furan rings is 1. The number of rotatable bonds is 5. The second kappa shape index (κ2) is 6.32. The van der Waals surface area contributed by atoms with E-state index >= 15 is 0 Å². The van der Waals surface area contributed by atoms with E-state index in [1.165, 1.54) is 6.26 Å². The molecule has 2 N–H and O–H groups in total. The van der Waals surface area contributed by atoms with E-state index < -0.39 is 6.10 Å². The third-order valence-electron chi connectivity index (χ3n) is 3.34. The molecule has 0 aliphatic carbocycles. The first-order valence-electron chi connectivity index (χ1n) is 6.97. The van der Waals surface area contributed by atoms with Crippen LogP contribution in [0.3, 0.4) is 0 Å². The number of hydrogen-bond acceptors (Lipinski definition) is 3. The molecule has 0 saturated carbocycles. The van der Waals surface area contributed by atoms with Crippen LogP contribution in [0.5, 0.6) is 0 Å². The lowest BCUT2D eigenvalue weighted by atomic mass is 10.2. The Morgan fingerprint density at radius 3 is 2.73 bits per heavy atom. The maximum atomic E-state index is 12.2. The summed E-state index contributed by atoms with van der Waals surface area (Å²) in [7, 11) is 0. The van der Waals surface area contributed by atoms with Crippen LogP contribution in [0.25, 0.3) is 5.69 Å². The van der Waals surface area contributed by atoms with Crippen molar-refractivity contribution in [3.05, 3.63) is 78.5 Å². The van der Waals surface area contributed by atoms with Gasteiger partial charge in [0.2, 0.25) is 0 Å². The lowest BCUT2D eigenvalue weighted by molar-refractivity contribution is 0.0901. The summed E-state index contributed by atoms with van der Waals surface area (Å²) in [4.78, 5) is 12.2. The summed E-state index contributed by atoms with van der Waals surface area (Å²) in [6, 6.07) is 14.5. The highest BCUT2D eigenvalue weighted by Gasteiger charge is 2.13. The van der Waals surface area contributed by atoms with Gasteiger partial charge in [0.15, 0.2) is 0 Å². The topological polar surface area (TPSA) is 67.4 Å². The van der Waals surface area contributed by atoms with Gasteiger partial charge in [-0.2, -0.15) is 0 Å². The summed E-state index contributed by atoms with van der Waals surface area (Å²) < 4.78 is 7.02. The Hall–Kier alpha value is -2.79. The molecule has 1 aromatic carbocycles. The van der Waals surface area contributed by atoms with Crippen LogP contribution in [-0.4, -0.2) is 22.1 Å². The molecule has 22 heavy (non-hydrogen) atoms. The first kappa shape index (κ1) is 14.2. The fraction of sp³-hybridized carbons (Fsp3) is 0.118. The second-order valence-electron chi connectivity index (χ2n) is 4.88. The average Bonchev–Trinajstić information content (AvgIpc) is 3.25. The quantitative estimate of drug-likeness (QED) is 0.760. The van der Waals surface area contributed by atoms with Crippen molar-refractivity contribution >= 4 is 5.91 Å². The van der Waals surface area contributed by atoms with Crippen LogP contribution in [0, 0.1) is 0 Å². The molecule has 112 valence electrons. The van der Waals surface area contributed by atoms with Gasteiger partial charge in [0, 0.05) is 23.6 Å². The van der Waals surface area contributed by atoms with Crippen LogP contribution in [0.4, 0.5) is 0 Å². The highest BCUT2D eigenvalue weighted by atomic mass is 16.4. The smallest absolute Gasteiger partial charge is 0.251 e. The molecule has 5 nitrogen and oxygen atoms in total. The van der Waals surface area contributed by atoms with Crippen molar-refractivity contribution in [1.29, 1.82) is 0 Å². The Morgan fingerprint density at radius 1 is 1.18 bits per heavy atom. The molecule has 2 aromatic heterocycles. The van der Waals surface area contributed by atoms with E-state index in [-0.39, 0.29) is 12.5 Å². The molecule has 0 saturated heterocycles. The number of benzene rings is 1. The molecule has 2 heterocycles. The lowest BCUT2D eigenvalue weighted by Gasteiger charge is -2.10. The van der Waals surface area contributed by atoms with Gasteiger partial charge in [0.25, 0.3) is 5.91 Å².